The Morgan fingerprint density at radius 2 is 2.07 bits per heavy atom. The van der Waals surface area contributed by atoms with Gasteiger partial charge in [0.05, 0.1) is 6.54 Å². The van der Waals surface area contributed by atoms with Crippen molar-refractivity contribution in [1.82, 2.24) is 20.9 Å². The number of carbonyl (C=O) groups excluding carboxylic acids is 2. The van der Waals surface area contributed by atoms with Crippen molar-refractivity contribution in [3.05, 3.63) is 35.4 Å². The summed E-state index contributed by atoms with van der Waals surface area (Å²) < 4.78 is 0. The van der Waals surface area contributed by atoms with Crippen molar-refractivity contribution >= 4 is 17.8 Å². The Morgan fingerprint density at radius 1 is 1.26 bits per heavy atom. The van der Waals surface area contributed by atoms with Crippen LogP contribution in [-0.2, 0) is 4.79 Å². The van der Waals surface area contributed by atoms with E-state index < -0.39 is 0 Å². The van der Waals surface area contributed by atoms with Crippen molar-refractivity contribution in [3.8, 4) is 0 Å². The number of aliphatic imine (C=N–C) groups is 1. The highest BCUT2D eigenvalue weighted by Crippen LogP contribution is 2.10. The van der Waals surface area contributed by atoms with Gasteiger partial charge in [0, 0.05) is 44.2 Å². The maximum absolute atomic E-state index is 12.1. The molecule has 1 aliphatic rings. The number of likely N-dealkylation sites (tertiary alicyclic amines) is 1. The topological polar surface area (TPSA) is 85.8 Å². The molecule has 1 aromatic carbocycles. The number of nitrogens with zero attached hydrogens (tertiary/aromatic N) is 2. The molecule has 1 heterocycles. The Hall–Kier alpha value is -2.57. The predicted molar refractivity (Wildman–Crippen MR) is 108 cm³/mol. The minimum atomic E-state index is -0.0867. The molecule has 27 heavy (non-hydrogen) atoms. The quantitative estimate of drug-likeness (QED) is 0.382. The van der Waals surface area contributed by atoms with Crippen molar-refractivity contribution in [3.63, 3.8) is 0 Å². The summed E-state index contributed by atoms with van der Waals surface area (Å²) >= 11 is 0. The van der Waals surface area contributed by atoms with Crippen LogP contribution in [0.4, 0.5) is 0 Å². The van der Waals surface area contributed by atoms with E-state index in [0.717, 1.165) is 31.0 Å². The van der Waals surface area contributed by atoms with Gasteiger partial charge in [-0.15, -0.1) is 0 Å². The number of nitrogens with one attached hydrogen (secondary N) is 3. The molecule has 0 bridgehead atoms. The fourth-order valence-corrected chi connectivity index (χ4v) is 3.07. The number of rotatable bonds is 7. The number of carbonyl (C=O) groups is 2. The fourth-order valence-electron chi connectivity index (χ4n) is 3.07. The Bertz CT molecular complexity index is 674. The molecule has 7 heteroatoms. The molecular weight excluding hydrogens is 342 g/mol. The maximum atomic E-state index is 12.1. The van der Waals surface area contributed by atoms with Gasteiger partial charge < -0.3 is 20.9 Å². The molecule has 0 spiro atoms. The summed E-state index contributed by atoms with van der Waals surface area (Å²) in [6.07, 6.45) is 1.46. The third-order valence-electron chi connectivity index (χ3n) is 4.48. The summed E-state index contributed by atoms with van der Waals surface area (Å²) in [5.41, 5.74) is 1.72. The maximum Gasteiger partial charge on any atom is 0.251 e. The van der Waals surface area contributed by atoms with E-state index in [9.17, 15) is 9.59 Å². The third kappa shape index (κ3) is 6.58. The highest BCUT2D eigenvalue weighted by atomic mass is 16.2. The number of benzene rings is 1. The first-order valence-electron chi connectivity index (χ1n) is 9.71. The van der Waals surface area contributed by atoms with Gasteiger partial charge in [-0.3, -0.25) is 14.6 Å². The molecule has 0 aliphatic carbocycles. The fraction of sp³-hybridized carbons (Fsp3) is 0.550. The SMILES string of the molecule is CCNC(=NCCNC(=O)c1cccc(C)c1)NC1CCN(C(=O)CC)C1. The van der Waals surface area contributed by atoms with Crippen molar-refractivity contribution < 1.29 is 9.59 Å². The highest BCUT2D eigenvalue weighted by molar-refractivity contribution is 5.94. The number of guanidine groups is 1. The van der Waals surface area contributed by atoms with Gasteiger partial charge in [-0.25, -0.2) is 0 Å². The Balaban J connectivity index is 1.79. The first-order valence-corrected chi connectivity index (χ1v) is 9.71. The van der Waals surface area contributed by atoms with Gasteiger partial charge in [0.1, 0.15) is 0 Å². The molecule has 1 atom stereocenters. The van der Waals surface area contributed by atoms with E-state index >= 15 is 0 Å². The second-order valence-corrected chi connectivity index (χ2v) is 6.71. The van der Waals surface area contributed by atoms with Gasteiger partial charge in [0.2, 0.25) is 5.91 Å². The van der Waals surface area contributed by atoms with E-state index in [0.29, 0.717) is 31.6 Å². The molecule has 1 aromatic rings. The summed E-state index contributed by atoms with van der Waals surface area (Å²) in [5, 5.41) is 9.50. The number of aryl methyl sites for hydroxylation is 1. The lowest BCUT2D eigenvalue weighted by atomic mass is 10.1. The molecule has 1 aliphatic heterocycles. The van der Waals surface area contributed by atoms with Crippen LogP contribution in [0.1, 0.15) is 42.6 Å². The molecule has 2 amide bonds. The van der Waals surface area contributed by atoms with Crippen LogP contribution in [0.15, 0.2) is 29.3 Å². The minimum Gasteiger partial charge on any atom is -0.357 e. The van der Waals surface area contributed by atoms with Gasteiger partial charge in [-0.1, -0.05) is 24.6 Å². The van der Waals surface area contributed by atoms with Crippen LogP contribution in [-0.4, -0.2) is 61.4 Å². The average Bonchev–Trinajstić information content (AvgIpc) is 3.13. The van der Waals surface area contributed by atoms with Crippen LogP contribution in [0.3, 0.4) is 0 Å². The number of hydrogen-bond donors (Lipinski definition) is 3. The zero-order chi connectivity index (χ0) is 19.6. The first-order chi connectivity index (χ1) is 13.0. The molecule has 1 fully saturated rings. The van der Waals surface area contributed by atoms with Crippen molar-refractivity contribution in [2.75, 3.05) is 32.7 Å². The van der Waals surface area contributed by atoms with Crippen LogP contribution in [0.2, 0.25) is 0 Å². The second kappa shape index (κ2) is 10.5. The Kier molecular flexibility index (Phi) is 8.10. The molecule has 1 saturated heterocycles. The molecule has 1 unspecified atom stereocenters. The first kappa shape index (κ1) is 20.7. The van der Waals surface area contributed by atoms with E-state index in [4.69, 9.17) is 0 Å². The summed E-state index contributed by atoms with van der Waals surface area (Å²) in [6.45, 7) is 9.07. The monoisotopic (exact) mass is 373 g/mol. The van der Waals surface area contributed by atoms with Crippen LogP contribution < -0.4 is 16.0 Å². The molecule has 7 nitrogen and oxygen atoms in total. The third-order valence-corrected chi connectivity index (χ3v) is 4.48. The van der Waals surface area contributed by atoms with Crippen molar-refractivity contribution in [2.24, 2.45) is 4.99 Å². The van der Waals surface area contributed by atoms with E-state index in [1.807, 2.05) is 43.9 Å². The highest BCUT2D eigenvalue weighted by Gasteiger charge is 2.25. The summed E-state index contributed by atoms with van der Waals surface area (Å²) in [7, 11) is 0. The lowest BCUT2D eigenvalue weighted by Crippen LogP contribution is -2.45. The van der Waals surface area contributed by atoms with Gasteiger partial charge in [0.15, 0.2) is 5.96 Å². The van der Waals surface area contributed by atoms with E-state index in [2.05, 4.69) is 20.9 Å². The second-order valence-electron chi connectivity index (χ2n) is 6.71. The predicted octanol–water partition coefficient (Wildman–Crippen LogP) is 1.29. The Labute approximate surface area is 161 Å². The molecule has 0 saturated carbocycles. The average molecular weight is 374 g/mol. The summed E-state index contributed by atoms with van der Waals surface area (Å²) in [5.74, 6) is 0.828. The molecular formula is C20H31N5O2. The van der Waals surface area contributed by atoms with E-state index in [1.54, 1.807) is 6.07 Å². The smallest absolute Gasteiger partial charge is 0.251 e. The number of amides is 2. The van der Waals surface area contributed by atoms with Crippen LogP contribution in [0.5, 0.6) is 0 Å². The summed E-state index contributed by atoms with van der Waals surface area (Å²) in [6, 6.07) is 7.73. The largest absolute Gasteiger partial charge is 0.357 e. The molecule has 148 valence electrons. The van der Waals surface area contributed by atoms with Gasteiger partial charge in [-0.05, 0) is 32.4 Å². The molecule has 3 N–H and O–H groups in total. The molecule has 0 radical (unpaired) electrons. The van der Waals surface area contributed by atoms with Gasteiger partial charge >= 0.3 is 0 Å². The van der Waals surface area contributed by atoms with E-state index in [1.165, 1.54) is 0 Å². The van der Waals surface area contributed by atoms with Crippen LogP contribution >= 0.6 is 0 Å². The van der Waals surface area contributed by atoms with Crippen molar-refractivity contribution in [2.45, 2.75) is 39.7 Å². The lowest BCUT2D eigenvalue weighted by Gasteiger charge is -2.18. The van der Waals surface area contributed by atoms with Crippen molar-refractivity contribution in [1.29, 1.82) is 0 Å². The number of hydrogen-bond acceptors (Lipinski definition) is 3. The summed E-state index contributed by atoms with van der Waals surface area (Å²) in [4.78, 5) is 30.4. The van der Waals surface area contributed by atoms with Gasteiger partial charge in [-0.2, -0.15) is 0 Å². The van der Waals surface area contributed by atoms with Crippen LogP contribution in [0.25, 0.3) is 0 Å². The zero-order valence-corrected chi connectivity index (χ0v) is 16.5. The minimum absolute atomic E-state index is 0.0867. The standard InChI is InChI=1S/C20H31N5O2/c1-4-18(26)25-12-9-17(14-25)24-20(21-5-2)23-11-10-22-19(27)16-8-6-7-15(3)13-16/h6-8,13,17H,4-5,9-12,14H2,1-3H3,(H,22,27)(H2,21,23,24). The zero-order valence-electron chi connectivity index (χ0n) is 16.5. The van der Waals surface area contributed by atoms with Crippen LogP contribution in [0, 0.1) is 6.92 Å². The van der Waals surface area contributed by atoms with Gasteiger partial charge in [0.25, 0.3) is 5.91 Å². The van der Waals surface area contributed by atoms with E-state index in [-0.39, 0.29) is 17.9 Å². The Morgan fingerprint density at radius 3 is 2.78 bits per heavy atom. The molecule has 2 rings (SSSR count). The lowest BCUT2D eigenvalue weighted by molar-refractivity contribution is -0.129. The molecule has 0 aromatic heterocycles. The normalized spacial score (nSPS) is 16.9.